The second-order valence-electron chi connectivity index (χ2n) is 6.44. The number of aromatic nitrogens is 1. The summed E-state index contributed by atoms with van der Waals surface area (Å²) in [5.41, 5.74) is 8.05. The maximum Gasteiger partial charge on any atom is 0.250 e. The molecule has 7 nitrogen and oxygen atoms in total. The molecule has 30 heavy (non-hydrogen) atoms. The number of benzene rings is 2. The van der Waals surface area contributed by atoms with Crippen molar-refractivity contribution in [1.82, 2.24) is 4.57 Å². The van der Waals surface area contributed by atoms with Gasteiger partial charge in [0, 0.05) is 27.2 Å². The molecule has 1 aromatic heterocycles. The lowest BCUT2D eigenvalue weighted by Gasteiger charge is -2.08. The second-order valence-corrected chi connectivity index (χ2v) is 7.36. The van der Waals surface area contributed by atoms with Gasteiger partial charge in [-0.25, -0.2) is 0 Å². The van der Waals surface area contributed by atoms with Crippen LogP contribution in [0.1, 0.15) is 21.5 Å². The van der Waals surface area contributed by atoms with Crippen molar-refractivity contribution in [3.63, 3.8) is 0 Å². The average molecular weight is 465 g/mol. The molecule has 0 aliphatic heterocycles. The van der Waals surface area contributed by atoms with Crippen LogP contribution in [0.4, 0.5) is 0 Å². The number of aliphatic hydroxyl groups is 1. The fraction of sp³-hybridized carbons (Fsp3) is 0.136. The van der Waals surface area contributed by atoms with Gasteiger partial charge in [-0.15, -0.1) is 0 Å². The van der Waals surface area contributed by atoms with Crippen molar-refractivity contribution in [1.29, 1.82) is 10.5 Å². The first-order valence-corrected chi connectivity index (χ1v) is 9.64. The maximum absolute atomic E-state index is 12.6. The highest BCUT2D eigenvalue weighted by Crippen LogP contribution is 2.32. The van der Waals surface area contributed by atoms with E-state index in [9.17, 15) is 20.4 Å². The molecular formula is C22H17BrN4O3. The molecule has 3 rings (SSSR count). The van der Waals surface area contributed by atoms with Crippen LogP contribution in [0.5, 0.6) is 5.75 Å². The summed E-state index contributed by atoms with van der Waals surface area (Å²) in [5.74, 6) is 0.0162. The van der Waals surface area contributed by atoms with Gasteiger partial charge < -0.3 is 15.6 Å². The molecule has 3 aromatic rings. The first-order valence-electron chi connectivity index (χ1n) is 8.85. The number of allylic oxidation sites excluding steroid dienone is 1. The molecule has 1 heterocycles. The van der Waals surface area contributed by atoms with E-state index in [0.717, 1.165) is 4.47 Å². The highest BCUT2D eigenvalue weighted by Gasteiger charge is 2.21. The lowest BCUT2D eigenvalue weighted by atomic mass is 10.0. The van der Waals surface area contributed by atoms with Gasteiger partial charge in [-0.3, -0.25) is 9.36 Å². The minimum absolute atomic E-state index is 0.274. The normalized spacial score (nSPS) is 12.3. The molecule has 8 heteroatoms. The summed E-state index contributed by atoms with van der Waals surface area (Å²) in [6.07, 6.45) is 3.14. The largest absolute Gasteiger partial charge is 0.496 e. The lowest BCUT2D eigenvalue weighted by molar-refractivity contribution is 0.0847. The summed E-state index contributed by atoms with van der Waals surface area (Å²) < 4.78 is 7.46. The van der Waals surface area contributed by atoms with Crippen LogP contribution in [0.3, 0.4) is 0 Å². The summed E-state index contributed by atoms with van der Waals surface area (Å²) in [4.78, 5) is 12.6. The van der Waals surface area contributed by atoms with Gasteiger partial charge in [0.05, 0.1) is 42.5 Å². The number of carbonyl (C=O) groups excluding carboxylic acids is 1. The van der Waals surface area contributed by atoms with Crippen molar-refractivity contribution in [3.05, 3.63) is 63.8 Å². The Balaban J connectivity index is 2.26. The summed E-state index contributed by atoms with van der Waals surface area (Å²) in [5, 5.41) is 29.0. The third-order valence-electron chi connectivity index (χ3n) is 4.59. The van der Waals surface area contributed by atoms with Crippen LogP contribution in [-0.2, 0) is 0 Å². The zero-order valence-electron chi connectivity index (χ0n) is 16.0. The monoisotopic (exact) mass is 464 g/mol. The number of hydrogen-bond acceptors (Lipinski definition) is 6. The van der Waals surface area contributed by atoms with E-state index < -0.39 is 18.6 Å². The molecule has 1 atom stereocenters. The molecule has 1 unspecified atom stereocenters. The van der Waals surface area contributed by atoms with E-state index in [4.69, 9.17) is 10.5 Å². The van der Waals surface area contributed by atoms with Crippen molar-refractivity contribution < 1.29 is 14.6 Å². The van der Waals surface area contributed by atoms with E-state index >= 15 is 0 Å². The molecule has 0 radical (unpaired) electrons. The zero-order valence-corrected chi connectivity index (χ0v) is 17.5. The van der Waals surface area contributed by atoms with Crippen molar-refractivity contribution in [2.45, 2.75) is 6.04 Å². The number of rotatable bonds is 5. The summed E-state index contributed by atoms with van der Waals surface area (Å²) in [7, 11) is 1.50. The summed E-state index contributed by atoms with van der Waals surface area (Å²) in [6.45, 7) is -0.497. The lowest BCUT2D eigenvalue weighted by Crippen LogP contribution is -2.37. The van der Waals surface area contributed by atoms with Crippen LogP contribution in [-0.4, -0.2) is 35.3 Å². The van der Waals surface area contributed by atoms with Gasteiger partial charge in [0.25, 0.3) is 0 Å². The number of hydrogen-bond donors (Lipinski definition) is 2. The quantitative estimate of drug-likeness (QED) is 0.557. The van der Waals surface area contributed by atoms with Crippen LogP contribution in [0, 0.1) is 22.7 Å². The molecule has 0 bridgehead atoms. The molecule has 3 N–H and O–H groups in total. The number of nitrogens with zero attached hydrogens (tertiary/aromatic N) is 3. The fourth-order valence-corrected chi connectivity index (χ4v) is 3.46. The topological polar surface area (TPSA) is 125 Å². The number of halogens is 1. The minimum atomic E-state index is -1.08. The van der Waals surface area contributed by atoms with E-state index in [1.165, 1.54) is 17.9 Å². The highest BCUT2D eigenvalue weighted by atomic mass is 79.9. The van der Waals surface area contributed by atoms with Gasteiger partial charge in [0.2, 0.25) is 5.91 Å². The number of fused-ring (bicyclic) bond motifs is 1. The van der Waals surface area contributed by atoms with Crippen LogP contribution < -0.4 is 10.5 Å². The van der Waals surface area contributed by atoms with E-state index in [-0.39, 0.29) is 5.57 Å². The Kier molecular flexibility index (Phi) is 6.34. The highest BCUT2D eigenvalue weighted by molar-refractivity contribution is 9.10. The Morgan fingerprint density at radius 2 is 2.10 bits per heavy atom. The number of methoxy groups -OCH3 is 1. The number of ether oxygens (including phenoxy) is 1. The molecule has 2 aromatic carbocycles. The Morgan fingerprint density at radius 1 is 1.33 bits per heavy atom. The van der Waals surface area contributed by atoms with E-state index in [1.807, 2.05) is 0 Å². The van der Waals surface area contributed by atoms with Crippen LogP contribution in [0.15, 0.2) is 47.1 Å². The number of carbonyl (C=O) groups is 1. The minimum Gasteiger partial charge on any atom is -0.496 e. The molecule has 0 aliphatic carbocycles. The SMILES string of the molecule is COc1ccc(C#N)cc1/C=C(\C#N)c1cn(C(=O)C(N)CO)c2ccc(Br)cc12. The fourth-order valence-electron chi connectivity index (χ4n) is 3.10. The first-order chi connectivity index (χ1) is 14.4. The van der Waals surface area contributed by atoms with Crippen molar-refractivity contribution in [3.8, 4) is 17.9 Å². The third kappa shape index (κ3) is 3.98. The summed E-state index contributed by atoms with van der Waals surface area (Å²) >= 11 is 3.42. The Morgan fingerprint density at radius 3 is 2.73 bits per heavy atom. The van der Waals surface area contributed by atoms with E-state index in [2.05, 4.69) is 28.1 Å². The predicted octanol–water partition coefficient (Wildman–Crippen LogP) is 3.31. The van der Waals surface area contributed by atoms with Gasteiger partial charge in [-0.05, 0) is 42.5 Å². The molecule has 0 saturated heterocycles. The van der Waals surface area contributed by atoms with Gasteiger partial charge >= 0.3 is 0 Å². The van der Waals surface area contributed by atoms with Crippen LogP contribution >= 0.6 is 15.9 Å². The van der Waals surface area contributed by atoms with Crippen molar-refractivity contribution >= 4 is 44.4 Å². The van der Waals surface area contributed by atoms with Crippen LogP contribution in [0.2, 0.25) is 0 Å². The average Bonchev–Trinajstić information content (AvgIpc) is 3.14. The molecule has 0 fully saturated rings. The molecule has 0 saturated carbocycles. The van der Waals surface area contributed by atoms with E-state index in [1.54, 1.807) is 42.5 Å². The number of nitriles is 2. The molecular weight excluding hydrogens is 448 g/mol. The standard InChI is InChI=1S/C22H17BrN4O3/c1-30-21-5-2-13(9-24)6-14(21)7-15(10-25)18-11-27(22(29)19(26)12-28)20-4-3-16(23)8-17(18)20/h2-8,11,19,28H,12,26H2,1H3/b15-7+. The molecule has 0 spiro atoms. The molecule has 150 valence electrons. The van der Waals surface area contributed by atoms with E-state index in [0.29, 0.717) is 33.3 Å². The second kappa shape index (κ2) is 8.93. The van der Waals surface area contributed by atoms with Crippen molar-refractivity contribution in [2.75, 3.05) is 13.7 Å². The van der Waals surface area contributed by atoms with Gasteiger partial charge in [0.15, 0.2) is 0 Å². The third-order valence-corrected chi connectivity index (χ3v) is 5.08. The molecule has 0 aliphatic rings. The maximum atomic E-state index is 12.6. The van der Waals surface area contributed by atoms with Crippen LogP contribution in [0.25, 0.3) is 22.6 Å². The smallest absolute Gasteiger partial charge is 0.250 e. The van der Waals surface area contributed by atoms with Crippen molar-refractivity contribution in [2.24, 2.45) is 5.73 Å². The Hall–Kier alpha value is -3.43. The number of aliphatic hydroxyl groups excluding tert-OH is 1. The molecule has 0 amide bonds. The number of nitrogens with two attached hydrogens (primary N) is 1. The Bertz CT molecular complexity index is 1250. The van der Waals surface area contributed by atoms with Gasteiger partial charge in [0.1, 0.15) is 11.8 Å². The van der Waals surface area contributed by atoms with Gasteiger partial charge in [-0.1, -0.05) is 15.9 Å². The first kappa shape index (κ1) is 21.3. The zero-order chi connectivity index (χ0) is 21.8. The Labute approximate surface area is 181 Å². The van der Waals surface area contributed by atoms with Gasteiger partial charge in [-0.2, -0.15) is 10.5 Å². The summed E-state index contributed by atoms with van der Waals surface area (Å²) in [6, 6.07) is 13.4. The predicted molar refractivity (Wildman–Crippen MR) is 117 cm³/mol.